The summed E-state index contributed by atoms with van der Waals surface area (Å²) in [7, 11) is 1.64. The van der Waals surface area contributed by atoms with Crippen molar-refractivity contribution in [3.63, 3.8) is 0 Å². The van der Waals surface area contributed by atoms with Crippen molar-refractivity contribution >= 4 is 0 Å². The SMILES string of the molecule is COc1ncccc1CN1CCC(O)CC1. The van der Waals surface area contributed by atoms with E-state index in [1.165, 1.54) is 0 Å². The van der Waals surface area contributed by atoms with Gasteiger partial charge in [-0.05, 0) is 18.9 Å². The second-order valence-electron chi connectivity index (χ2n) is 4.18. The van der Waals surface area contributed by atoms with Crippen LogP contribution in [0.2, 0.25) is 0 Å². The number of hydrogen-bond donors (Lipinski definition) is 1. The monoisotopic (exact) mass is 222 g/mol. The Morgan fingerprint density at radius 1 is 1.50 bits per heavy atom. The highest BCUT2D eigenvalue weighted by Gasteiger charge is 2.18. The Balaban J connectivity index is 1.98. The zero-order valence-corrected chi connectivity index (χ0v) is 9.59. The van der Waals surface area contributed by atoms with Gasteiger partial charge in [0, 0.05) is 31.4 Å². The molecule has 2 heterocycles. The summed E-state index contributed by atoms with van der Waals surface area (Å²) in [5, 5.41) is 9.43. The third-order valence-corrected chi connectivity index (χ3v) is 2.99. The number of rotatable bonds is 3. The first-order valence-corrected chi connectivity index (χ1v) is 5.68. The number of aliphatic hydroxyl groups excluding tert-OH is 1. The third kappa shape index (κ3) is 2.71. The van der Waals surface area contributed by atoms with E-state index in [-0.39, 0.29) is 6.10 Å². The minimum atomic E-state index is -0.118. The lowest BCUT2D eigenvalue weighted by Crippen LogP contribution is -2.35. The first-order chi connectivity index (χ1) is 7.79. The number of pyridine rings is 1. The van der Waals surface area contributed by atoms with E-state index in [9.17, 15) is 5.11 Å². The van der Waals surface area contributed by atoms with E-state index >= 15 is 0 Å². The van der Waals surface area contributed by atoms with Crippen molar-refractivity contribution in [2.24, 2.45) is 0 Å². The van der Waals surface area contributed by atoms with Crippen LogP contribution in [0.15, 0.2) is 18.3 Å². The molecule has 0 spiro atoms. The van der Waals surface area contributed by atoms with Gasteiger partial charge < -0.3 is 9.84 Å². The molecule has 0 saturated carbocycles. The molecule has 1 aliphatic heterocycles. The van der Waals surface area contributed by atoms with Crippen molar-refractivity contribution in [2.45, 2.75) is 25.5 Å². The first kappa shape index (κ1) is 11.4. The number of likely N-dealkylation sites (tertiary alicyclic amines) is 1. The van der Waals surface area contributed by atoms with Gasteiger partial charge in [-0.25, -0.2) is 4.98 Å². The minimum Gasteiger partial charge on any atom is -0.481 e. The molecule has 0 aromatic carbocycles. The number of hydrogen-bond acceptors (Lipinski definition) is 4. The molecule has 0 amide bonds. The van der Waals surface area contributed by atoms with Gasteiger partial charge in [-0.3, -0.25) is 4.90 Å². The van der Waals surface area contributed by atoms with Crippen LogP contribution in [0.3, 0.4) is 0 Å². The molecule has 2 rings (SSSR count). The van der Waals surface area contributed by atoms with E-state index in [0.717, 1.165) is 38.0 Å². The summed E-state index contributed by atoms with van der Waals surface area (Å²) in [5.74, 6) is 0.702. The van der Waals surface area contributed by atoms with E-state index in [4.69, 9.17) is 4.74 Å². The zero-order chi connectivity index (χ0) is 11.4. The molecule has 0 unspecified atom stereocenters. The van der Waals surface area contributed by atoms with Crippen molar-refractivity contribution in [3.8, 4) is 5.88 Å². The number of piperidine rings is 1. The molecule has 1 saturated heterocycles. The quantitative estimate of drug-likeness (QED) is 0.830. The van der Waals surface area contributed by atoms with Crippen LogP contribution in [0.5, 0.6) is 5.88 Å². The fourth-order valence-corrected chi connectivity index (χ4v) is 2.05. The molecule has 88 valence electrons. The Morgan fingerprint density at radius 2 is 2.25 bits per heavy atom. The Bertz CT molecular complexity index is 336. The molecule has 1 aromatic rings. The highest BCUT2D eigenvalue weighted by atomic mass is 16.5. The van der Waals surface area contributed by atoms with Gasteiger partial charge in [-0.15, -0.1) is 0 Å². The average molecular weight is 222 g/mol. The fourth-order valence-electron chi connectivity index (χ4n) is 2.05. The van der Waals surface area contributed by atoms with Crippen LogP contribution in [0.1, 0.15) is 18.4 Å². The van der Waals surface area contributed by atoms with Crippen molar-refractivity contribution in [2.75, 3.05) is 20.2 Å². The molecule has 4 heteroatoms. The number of methoxy groups -OCH3 is 1. The molecule has 1 N–H and O–H groups in total. The van der Waals surface area contributed by atoms with Crippen LogP contribution in [-0.4, -0.2) is 41.3 Å². The average Bonchev–Trinajstić information content (AvgIpc) is 2.33. The van der Waals surface area contributed by atoms with E-state index in [0.29, 0.717) is 5.88 Å². The van der Waals surface area contributed by atoms with Crippen molar-refractivity contribution in [1.82, 2.24) is 9.88 Å². The topological polar surface area (TPSA) is 45.6 Å². The molecule has 1 fully saturated rings. The fraction of sp³-hybridized carbons (Fsp3) is 0.583. The Labute approximate surface area is 95.9 Å². The van der Waals surface area contributed by atoms with Crippen LogP contribution in [-0.2, 0) is 6.54 Å². The van der Waals surface area contributed by atoms with Crippen LogP contribution >= 0.6 is 0 Å². The molecular formula is C12H18N2O2. The van der Waals surface area contributed by atoms with Crippen LogP contribution in [0.25, 0.3) is 0 Å². The summed E-state index contributed by atoms with van der Waals surface area (Å²) in [6.07, 6.45) is 3.35. The second-order valence-corrected chi connectivity index (χ2v) is 4.18. The molecule has 1 aliphatic rings. The molecule has 4 nitrogen and oxygen atoms in total. The molecule has 16 heavy (non-hydrogen) atoms. The summed E-state index contributed by atoms with van der Waals surface area (Å²) in [6.45, 7) is 2.74. The molecule has 0 bridgehead atoms. The van der Waals surface area contributed by atoms with Crippen LogP contribution in [0.4, 0.5) is 0 Å². The van der Waals surface area contributed by atoms with Crippen molar-refractivity contribution in [1.29, 1.82) is 0 Å². The van der Waals surface area contributed by atoms with Crippen LogP contribution < -0.4 is 4.74 Å². The number of nitrogens with zero attached hydrogens (tertiary/aromatic N) is 2. The predicted octanol–water partition coefficient (Wildman–Crippen LogP) is 1.05. The Hall–Kier alpha value is -1.13. The summed E-state index contributed by atoms with van der Waals surface area (Å²) in [4.78, 5) is 6.50. The maximum absolute atomic E-state index is 9.43. The Kier molecular flexibility index (Phi) is 3.74. The summed E-state index contributed by atoms with van der Waals surface area (Å²) < 4.78 is 5.22. The van der Waals surface area contributed by atoms with Crippen molar-refractivity contribution in [3.05, 3.63) is 23.9 Å². The van der Waals surface area contributed by atoms with E-state index in [1.807, 2.05) is 12.1 Å². The lowest BCUT2D eigenvalue weighted by atomic mass is 10.1. The van der Waals surface area contributed by atoms with Gasteiger partial charge in [0.2, 0.25) is 5.88 Å². The van der Waals surface area contributed by atoms with Crippen LogP contribution in [0, 0.1) is 0 Å². The van der Waals surface area contributed by atoms with Gasteiger partial charge in [0.15, 0.2) is 0 Å². The Morgan fingerprint density at radius 3 is 2.94 bits per heavy atom. The molecule has 1 aromatic heterocycles. The predicted molar refractivity (Wildman–Crippen MR) is 61.3 cm³/mol. The highest BCUT2D eigenvalue weighted by molar-refractivity contribution is 5.25. The standard InChI is InChI=1S/C12H18N2O2/c1-16-12-10(3-2-6-13-12)9-14-7-4-11(15)5-8-14/h2-3,6,11,15H,4-5,7-9H2,1H3. The van der Waals surface area contributed by atoms with Gasteiger partial charge in [0.25, 0.3) is 0 Å². The number of aromatic nitrogens is 1. The summed E-state index contributed by atoms with van der Waals surface area (Å²) in [6, 6.07) is 3.97. The number of ether oxygens (including phenoxy) is 1. The van der Waals surface area contributed by atoms with Gasteiger partial charge in [0.05, 0.1) is 13.2 Å². The normalized spacial score (nSPS) is 18.6. The molecular weight excluding hydrogens is 204 g/mol. The maximum atomic E-state index is 9.43. The molecule has 0 radical (unpaired) electrons. The van der Waals surface area contributed by atoms with Gasteiger partial charge >= 0.3 is 0 Å². The van der Waals surface area contributed by atoms with E-state index < -0.39 is 0 Å². The minimum absolute atomic E-state index is 0.118. The third-order valence-electron chi connectivity index (χ3n) is 2.99. The molecule has 0 aliphatic carbocycles. The second kappa shape index (κ2) is 5.27. The van der Waals surface area contributed by atoms with Gasteiger partial charge in [-0.2, -0.15) is 0 Å². The van der Waals surface area contributed by atoms with E-state index in [1.54, 1.807) is 13.3 Å². The zero-order valence-electron chi connectivity index (χ0n) is 9.59. The maximum Gasteiger partial charge on any atom is 0.217 e. The number of aliphatic hydroxyl groups is 1. The van der Waals surface area contributed by atoms with Gasteiger partial charge in [0.1, 0.15) is 0 Å². The lowest BCUT2D eigenvalue weighted by molar-refractivity contribution is 0.0788. The first-order valence-electron chi connectivity index (χ1n) is 5.68. The molecule has 0 atom stereocenters. The lowest BCUT2D eigenvalue weighted by Gasteiger charge is -2.29. The van der Waals surface area contributed by atoms with E-state index in [2.05, 4.69) is 9.88 Å². The van der Waals surface area contributed by atoms with Gasteiger partial charge in [-0.1, -0.05) is 6.07 Å². The van der Waals surface area contributed by atoms with Crippen molar-refractivity contribution < 1.29 is 9.84 Å². The largest absolute Gasteiger partial charge is 0.481 e. The summed E-state index contributed by atoms with van der Waals surface area (Å²) >= 11 is 0. The highest BCUT2D eigenvalue weighted by Crippen LogP contribution is 2.18. The smallest absolute Gasteiger partial charge is 0.217 e. The summed E-state index contributed by atoms with van der Waals surface area (Å²) in [5.41, 5.74) is 1.11.